The summed E-state index contributed by atoms with van der Waals surface area (Å²) >= 11 is 12.4. The van der Waals surface area contributed by atoms with Gasteiger partial charge in [0, 0.05) is 22.7 Å². The van der Waals surface area contributed by atoms with Crippen molar-refractivity contribution in [2.24, 2.45) is 5.92 Å². The Bertz CT molecular complexity index is 481. The molecule has 0 aromatic heterocycles. The highest BCUT2D eigenvalue weighted by molar-refractivity contribution is 6.34. The third-order valence-corrected chi connectivity index (χ3v) is 5.37. The minimum atomic E-state index is 0.166. The van der Waals surface area contributed by atoms with Gasteiger partial charge in [0.25, 0.3) is 0 Å². The monoisotopic (exact) mass is 327 g/mol. The van der Waals surface area contributed by atoms with E-state index in [1.54, 1.807) is 6.07 Å². The van der Waals surface area contributed by atoms with Crippen molar-refractivity contribution in [3.63, 3.8) is 0 Å². The molecule has 2 nitrogen and oxygen atoms in total. The van der Waals surface area contributed by atoms with Gasteiger partial charge in [0.2, 0.25) is 0 Å². The fraction of sp³-hybridized carbons (Fsp3) is 0.647. The Morgan fingerprint density at radius 2 is 2.00 bits per heavy atom. The van der Waals surface area contributed by atoms with Crippen LogP contribution in [0.1, 0.15) is 50.6 Å². The van der Waals surface area contributed by atoms with Gasteiger partial charge in [-0.15, -0.1) is 0 Å². The molecule has 2 aliphatic rings. The molecule has 0 amide bonds. The summed E-state index contributed by atoms with van der Waals surface area (Å²) in [6, 6.07) is 6.20. The largest absolute Gasteiger partial charge is 0.375 e. The van der Waals surface area contributed by atoms with Crippen LogP contribution in [-0.2, 0) is 4.74 Å². The van der Waals surface area contributed by atoms with E-state index < -0.39 is 0 Å². The van der Waals surface area contributed by atoms with Gasteiger partial charge >= 0.3 is 0 Å². The molecule has 4 heteroatoms. The van der Waals surface area contributed by atoms with E-state index in [0.29, 0.717) is 22.0 Å². The summed E-state index contributed by atoms with van der Waals surface area (Å²) in [7, 11) is 0. The molecule has 1 spiro atoms. The maximum atomic E-state index is 6.19. The number of nitrogens with one attached hydrogen (secondary N) is 1. The smallest absolute Gasteiger partial charge is 0.0686 e. The highest BCUT2D eigenvalue weighted by Gasteiger charge is 2.44. The van der Waals surface area contributed by atoms with E-state index in [2.05, 4.69) is 12.2 Å². The van der Waals surface area contributed by atoms with Gasteiger partial charge in [0.15, 0.2) is 0 Å². The van der Waals surface area contributed by atoms with Crippen LogP contribution in [0.5, 0.6) is 0 Å². The Labute approximate surface area is 137 Å². The minimum Gasteiger partial charge on any atom is -0.375 e. The predicted octanol–water partition coefficient (Wildman–Crippen LogP) is 4.99. The molecule has 0 radical (unpaired) electrons. The quantitative estimate of drug-likeness (QED) is 0.840. The SMILES string of the molecule is CCNC(c1cc(Cl)cc(Cl)c1)C1CCOC2(CCC2)C1. The van der Waals surface area contributed by atoms with Gasteiger partial charge in [-0.05, 0) is 68.3 Å². The summed E-state index contributed by atoms with van der Waals surface area (Å²) in [4.78, 5) is 0. The first-order valence-electron chi connectivity index (χ1n) is 7.95. The van der Waals surface area contributed by atoms with E-state index in [1.165, 1.54) is 24.8 Å². The molecule has 116 valence electrons. The van der Waals surface area contributed by atoms with E-state index in [-0.39, 0.29) is 5.60 Å². The van der Waals surface area contributed by atoms with Crippen molar-refractivity contribution in [3.8, 4) is 0 Å². The lowest BCUT2D eigenvalue weighted by atomic mass is 9.69. The molecule has 1 N–H and O–H groups in total. The van der Waals surface area contributed by atoms with Gasteiger partial charge < -0.3 is 10.1 Å². The molecule has 3 rings (SSSR count). The third-order valence-electron chi connectivity index (χ3n) is 4.94. The molecule has 1 aromatic rings. The molecular weight excluding hydrogens is 305 g/mol. The van der Waals surface area contributed by atoms with Crippen molar-refractivity contribution in [1.29, 1.82) is 0 Å². The fourth-order valence-electron chi connectivity index (χ4n) is 3.80. The molecule has 2 atom stereocenters. The molecule has 1 aromatic carbocycles. The first-order valence-corrected chi connectivity index (χ1v) is 8.71. The van der Waals surface area contributed by atoms with Crippen molar-refractivity contribution in [3.05, 3.63) is 33.8 Å². The average Bonchev–Trinajstić information content (AvgIpc) is 2.42. The number of hydrogen-bond donors (Lipinski definition) is 1. The number of ether oxygens (including phenoxy) is 1. The van der Waals surface area contributed by atoms with Gasteiger partial charge in [-0.25, -0.2) is 0 Å². The maximum Gasteiger partial charge on any atom is 0.0686 e. The molecule has 1 aliphatic heterocycles. The zero-order valence-electron chi connectivity index (χ0n) is 12.5. The molecule has 21 heavy (non-hydrogen) atoms. The Hall–Kier alpha value is -0.280. The molecule has 1 aliphatic carbocycles. The molecule has 1 heterocycles. The molecule has 1 saturated carbocycles. The number of hydrogen-bond acceptors (Lipinski definition) is 2. The zero-order chi connectivity index (χ0) is 14.9. The van der Waals surface area contributed by atoms with Crippen molar-refractivity contribution in [2.75, 3.05) is 13.2 Å². The van der Waals surface area contributed by atoms with Crippen LogP contribution >= 0.6 is 23.2 Å². The fourth-order valence-corrected chi connectivity index (χ4v) is 4.34. The van der Waals surface area contributed by atoms with E-state index in [4.69, 9.17) is 27.9 Å². The summed E-state index contributed by atoms with van der Waals surface area (Å²) in [6.45, 7) is 3.97. The van der Waals surface area contributed by atoms with Crippen LogP contribution < -0.4 is 5.32 Å². The van der Waals surface area contributed by atoms with Crippen molar-refractivity contribution < 1.29 is 4.74 Å². The lowest BCUT2D eigenvalue weighted by Gasteiger charge is -2.49. The number of benzene rings is 1. The molecule has 1 saturated heterocycles. The summed E-state index contributed by atoms with van der Waals surface area (Å²) < 4.78 is 6.06. The highest BCUT2D eigenvalue weighted by Crippen LogP contribution is 2.47. The van der Waals surface area contributed by atoms with Crippen LogP contribution in [0.25, 0.3) is 0 Å². The van der Waals surface area contributed by atoms with Crippen LogP contribution in [0, 0.1) is 5.92 Å². The van der Waals surface area contributed by atoms with Crippen LogP contribution in [-0.4, -0.2) is 18.8 Å². The van der Waals surface area contributed by atoms with Crippen LogP contribution in [0.15, 0.2) is 18.2 Å². The molecule has 2 unspecified atom stereocenters. The summed E-state index contributed by atoms with van der Waals surface area (Å²) in [5.41, 5.74) is 1.37. The second kappa shape index (κ2) is 6.45. The third kappa shape index (κ3) is 3.39. The number of rotatable bonds is 4. The highest BCUT2D eigenvalue weighted by atomic mass is 35.5. The van der Waals surface area contributed by atoms with Crippen molar-refractivity contribution >= 4 is 23.2 Å². The lowest BCUT2D eigenvalue weighted by Crippen LogP contribution is -2.48. The molecule has 2 fully saturated rings. The summed E-state index contributed by atoms with van der Waals surface area (Å²) in [5, 5.41) is 5.06. The molecular formula is C17H23Cl2NO. The Morgan fingerprint density at radius 1 is 1.29 bits per heavy atom. The van der Waals surface area contributed by atoms with Crippen LogP contribution in [0.2, 0.25) is 10.0 Å². The topological polar surface area (TPSA) is 21.3 Å². The summed E-state index contributed by atoms with van der Waals surface area (Å²) in [5.74, 6) is 0.591. The van der Waals surface area contributed by atoms with Crippen molar-refractivity contribution in [2.45, 2.75) is 50.7 Å². The van der Waals surface area contributed by atoms with Gasteiger partial charge in [0.05, 0.1) is 5.60 Å². The Kier molecular flexibility index (Phi) is 4.80. The van der Waals surface area contributed by atoms with Gasteiger partial charge in [-0.2, -0.15) is 0 Å². The van der Waals surface area contributed by atoms with Crippen molar-refractivity contribution in [1.82, 2.24) is 5.32 Å². The van der Waals surface area contributed by atoms with Crippen LogP contribution in [0.4, 0.5) is 0 Å². The van der Waals surface area contributed by atoms with E-state index in [0.717, 1.165) is 26.0 Å². The summed E-state index contributed by atoms with van der Waals surface area (Å²) in [6.07, 6.45) is 6.00. The first kappa shape index (κ1) is 15.6. The maximum absolute atomic E-state index is 6.19. The van der Waals surface area contributed by atoms with E-state index in [9.17, 15) is 0 Å². The normalized spacial score (nSPS) is 25.6. The predicted molar refractivity (Wildman–Crippen MR) is 88.1 cm³/mol. The van der Waals surface area contributed by atoms with Gasteiger partial charge in [0.1, 0.15) is 0 Å². The van der Waals surface area contributed by atoms with E-state index in [1.807, 2.05) is 12.1 Å². The van der Waals surface area contributed by atoms with Gasteiger partial charge in [-0.3, -0.25) is 0 Å². The minimum absolute atomic E-state index is 0.166. The first-order chi connectivity index (χ1) is 10.1. The Morgan fingerprint density at radius 3 is 2.57 bits per heavy atom. The second-order valence-electron chi connectivity index (χ2n) is 6.38. The lowest BCUT2D eigenvalue weighted by molar-refractivity contribution is -0.147. The van der Waals surface area contributed by atoms with Crippen LogP contribution in [0.3, 0.4) is 0 Å². The average molecular weight is 328 g/mol. The zero-order valence-corrected chi connectivity index (χ0v) is 14.0. The number of halogens is 2. The standard InChI is InChI=1S/C17H23Cl2NO/c1-2-20-16(13-8-14(18)10-15(19)9-13)12-4-7-21-17(11-12)5-3-6-17/h8-10,12,16,20H,2-7,11H2,1H3. The molecule has 0 bridgehead atoms. The Balaban J connectivity index is 1.83. The second-order valence-corrected chi connectivity index (χ2v) is 7.25. The van der Waals surface area contributed by atoms with Gasteiger partial charge in [-0.1, -0.05) is 30.1 Å². The van der Waals surface area contributed by atoms with E-state index >= 15 is 0 Å².